The third-order valence-electron chi connectivity index (χ3n) is 2.26. The van der Waals surface area contributed by atoms with Crippen molar-refractivity contribution in [2.24, 2.45) is 0 Å². The maximum Gasteiger partial charge on any atom is 1.00 e. The number of nitrogens with one attached hydrogen (secondary N) is 1. The summed E-state index contributed by atoms with van der Waals surface area (Å²) in [6.07, 6.45) is 0. The molecular formula is C13H11IKNS. The summed E-state index contributed by atoms with van der Waals surface area (Å²) < 4.78 is 1.19. The second-order valence-corrected chi connectivity index (χ2v) is 5.05. The van der Waals surface area contributed by atoms with Crippen LogP contribution in [0.25, 0.3) is 0 Å². The zero-order chi connectivity index (χ0) is 11.4. The van der Waals surface area contributed by atoms with Crippen LogP contribution in [0.1, 0.15) is 10.9 Å². The Bertz CT molecular complexity index is 464. The third-order valence-corrected chi connectivity index (χ3v) is 3.59. The molecule has 0 aliphatic carbocycles. The second kappa shape index (κ2) is 8.19. The fourth-order valence-corrected chi connectivity index (χ4v) is 2.26. The van der Waals surface area contributed by atoms with Crippen LogP contribution in [0.5, 0.6) is 0 Å². The first-order valence-electron chi connectivity index (χ1n) is 4.99. The molecule has 0 heterocycles. The van der Waals surface area contributed by atoms with Crippen LogP contribution in [-0.4, -0.2) is 0 Å². The summed E-state index contributed by atoms with van der Waals surface area (Å²) >= 11 is 7.74. The fourth-order valence-electron chi connectivity index (χ4n) is 1.43. The Morgan fingerprint density at radius 1 is 0.941 bits per heavy atom. The monoisotopic (exact) mass is 379 g/mol. The van der Waals surface area contributed by atoms with Gasteiger partial charge in [0.2, 0.25) is 0 Å². The van der Waals surface area contributed by atoms with Gasteiger partial charge in [0.25, 0.3) is 0 Å². The van der Waals surface area contributed by atoms with Crippen molar-refractivity contribution in [2.75, 3.05) is 5.32 Å². The number of hydrogen-bond acceptors (Lipinski definition) is 2. The molecule has 4 heteroatoms. The van der Waals surface area contributed by atoms with E-state index in [9.17, 15) is 0 Å². The van der Waals surface area contributed by atoms with Crippen LogP contribution in [0.2, 0.25) is 0 Å². The van der Waals surface area contributed by atoms with E-state index in [1.165, 1.54) is 3.57 Å². The van der Waals surface area contributed by atoms with Gasteiger partial charge in [-0.15, -0.1) is 0 Å². The van der Waals surface area contributed by atoms with E-state index < -0.39 is 0 Å². The third kappa shape index (κ3) is 4.85. The summed E-state index contributed by atoms with van der Waals surface area (Å²) in [5.41, 5.74) is 2.21. The summed E-state index contributed by atoms with van der Waals surface area (Å²) in [6, 6.07) is 18.2. The Morgan fingerprint density at radius 3 is 2.18 bits per heavy atom. The van der Waals surface area contributed by atoms with Gasteiger partial charge < -0.3 is 17.9 Å². The molecule has 0 aliphatic rings. The van der Waals surface area contributed by atoms with E-state index in [4.69, 9.17) is 12.6 Å². The van der Waals surface area contributed by atoms with Gasteiger partial charge in [0, 0.05) is 9.26 Å². The Balaban J connectivity index is 0.00000144. The van der Waals surface area contributed by atoms with E-state index in [1.54, 1.807) is 0 Å². The smallest absolute Gasteiger partial charge is 0.764 e. The van der Waals surface area contributed by atoms with Crippen LogP contribution in [0.4, 0.5) is 5.69 Å². The van der Waals surface area contributed by atoms with Gasteiger partial charge in [-0.3, -0.25) is 0 Å². The summed E-state index contributed by atoms with van der Waals surface area (Å²) in [6.45, 7) is 0. The molecule has 2 aromatic rings. The minimum Gasteiger partial charge on any atom is -0.764 e. The van der Waals surface area contributed by atoms with Crippen molar-refractivity contribution in [3.63, 3.8) is 0 Å². The molecule has 0 bridgehead atoms. The first-order chi connectivity index (χ1) is 7.77. The van der Waals surface area contributed by atoms with E-state index in [0.717, 1.165) is 11.3 Å². The predicted molar refractivity (Wildman–Crippen MR) is 79.3 cm³/mol. The van der Waals surface area contributed by atoms with Crippen molar-refractivity contribution in [3.05, 3.63) is 63.7 Å². The van der Waals surface area contributed by atoms with Crippen molar-refractivity contribution in [3.8, 4) is 0 Å². The summed E-state index contributed by atoms with van der Waals surface area (Å²) in [4.78, 5) is 0. The molecule has 0 amide bonds. The van der Waals surface area contributed by atoms with Crippen molar-refractivity contribution < 1.29 is 51.4 Å². The van der Waals surface area contributed by atoms with Gasteiger partial charge in [0.1, 0.15) is 0 Å². The number of rotatable bonds is 3. The van der Waals surface area contributed by atoms with E-state index in [0.29, 0.717) is 0 Å². The van der Waals surface area contributed by atoms with Gasteiger partial charge in [-0.2, -0.15) is 0 Å². The van der Waals surface area contributed by atoms with Crippen LogP contribution in [0.3, 0.4) is 0 Å². The van der Waals surface area contributed by atoms with Gasteiger partial charge in [-0.25, -0.2) is 0 Å². The Hall–Kier alpha value is 0.956. The maximum atomic E-state index is 5.43. The van der Waals surface area contributed by atoms with Gasteiger partial charge in [-0.05, 0) is 34.7 Å². The molecule has 0 aromatic heterocycles. The molecule has 1 unspecified atom stereocenters. The molecule has 0 radical (unpaired) electrons. The largest absolute Gasteiger partial charge is 1.00 e. The average molecular weight is 379 g/mol. The molecule has 2 rings (SSSR count). The second-order valence-electron chi connectivity index (χ2n) is 3.41. The first kappa shape index (κ1) is 16.0. The molecule has 1 N–H and O–H groups in total. The SMILES string of the molecule is [K+].[S-]C(Nc1ccccc1I)c1ccccc1. The minimum atomic E-state index is -0.0860. The van der Waals surface area contributed by atoms with Crippen molar-refractivity contribution in [1.29, 1.82) is 0 Å². The molecular weight excluding hydrogens is 368 g/mol. The van der Waals surface area contributed by atoms with Gasteiger partial charge >= 0.3 is 51.4 Å². The van der Waals surface area contributed by atoms with Crippen molar-refractivity contribution >= 4 is 40.9 Å². The molecule has 1 nitrogen and oxygen atoms in total. The predicted octanol–water partition coefficient (Wildman–Crippen LogP) is 0.953. The zero-order valence-electron chi connectivity index (χ0n) is 9.56. The molecule has 82 valence electrons. The van der Waals surface area contributed by atoms with Crippen LogP contribution < -0.4 is 56.7 Å². The number of anilines is 1. The Kier molecular flexibility index (Phi) is 7.72. The summed E-state index contributed by atoms with van der Waals surface area (Å²) in [5.74, 6) is 0. The fraction of sp³-hybridized carbons (Fsp3) is 0.0769. The molecule has 0 aliphatic heterocycles. The van der Waals surface area contributed by atoms with Crippen molar-refractivity contribution in [2.45, 2.75) is 5.37 Å². The average Bonchev–Trinajstić information content (AvgIpc) is 2.33. The Morgan fingerprint density at radius 2 is 1.53 bits per heavy atom. The molecule has 0 fully saturated rings. The standard InChI is InChI=1S/C13H12INS.K/c14-11-8-4-5-9-12(11)15-13(16)10-6-2-1-3-7-10;/h1-9,13,15-16H;/q;+1/p-1. The maximum absolute atomic E-state index is 5.43. The van der Waals surface area contributed by atoms with Crippen LogP contribution >= 0.6 is 22.6 Å². The first-order valence-corrected chi connectivity index (χ1v) is 6.54. The molecule has 0 saturated heterocycles. The van der Waals surface area contributed by atoms with Crippen molar-refractivity contribution in [1.82, 2.24) is 0 Å². The molecule has 0 spiro atoms. The van der Waals surface area contributed by atoms with Gasteiger partial charge in [0.05, 0.1) is 0 Å². The van der Waals surface area contributed by atoms with Crippen LogP contribution in [0, 0.1) is 3.57 Å². The minimum absolute atomic E-state index is 0. The number of halogens is 1. The van der Waals surface area contributed by atoms with Gasteiger partial charge in [-0.1, -0.05) is 53.4 Å². The number of benzene rings is 2. The van der Waals surface area contributed by atoms with E-state index >= 15 is 0 Å². The topological polar surface area (TPSA) is 12.0 Å². The molecule has 1 atom stereocenters. The molecule has 0 saturated carbocycles. The molecule has 2 aromatic carbocycles. The molecule has 17 heavy (non-hydrogen) atoms. The van der Waals surface area contributed by atoms with Crippen LogP contribution in [0.15, 0.2) is 54.6 Å². The number of hydrogen-bond donors (Lipinski definition) is 1. The normalized spacial score (nSPS) is 11.4. The number of para-hydroxylation sites is 1. The Labute approximate surface area is 164 Å². The van der Waals surface area contributed by atoms with Gasteiger partial charge in [0.15, 0.2) is 0 Å². The summed E-state index contributed by atoms with van der Waals surface area (Å²) in [7, 11) is 0. The summed E-state index contributed by atoms with van der Waals surface area (Å²) in [5, 5.41) is 3.25. The quantitative estimate of drug-likeness (QED) is 0.484. The van der Waals surface area contributed by atoms with Crippen LogP contribution in [-0.2, 0) is 12.6 Å². The van der Waals surface area contributed by atoms with E-state index in [-0.39, 0.29) is 56.8 Å². The van der Waals surface area contributed by atoms with E-state index in [1.807, 2.05) is 48.5 Å². The van der Waals surface area contributed by atoms with E-state index in [2.05, 4.69) is 34.0 Å². The zero-order valence-corrected chi connectivity index (χ0v) is 15.7.